The van der Waals surface area contributed by atoms with Crippen LogP contribution in [0, 0.1) is 0 Å². The van der Waals surface area contributed by atoms with Crippen molar-refractivity contribution in [3.05, 3.63) is 24.0 Å². The van der Waals surface area contributed by atoms with Crippen LogP contribution in [-0.2, 0) is 13.2 Å². The number of aliphatic hydroxyl groups is 2. The van der Waals surface area contributed by atoms with Crippen molar-refractivity contribution in [2.45, 2.75) is 26.0 Å². The zero-order valence-corrected chi connectivity index (χ0v) is 9.63. The molecule has 92 valence electrons. The van der Waals surface area contributed by atoms with Crippen molar-refractivity contribution in [2.75, 3.05) is 12.3 Å². The molecule has 0 aliphatic rings. The van der Waals surface area contributed by atoms with Crippen molar-refractivity contribution in [2.24, 2.45) is 0 Å². The minimum Gasteiger partial charge on any atom is -0.399 e. The van der Waals surface area contributed by atoms with E-state index in [0.29, 0.717) is 11.5 Å². The molecule has 2 aromatic rings. The number of benzene rings is 1. The van der Waals surface area contributed by atoms with E-state index in [1.54, 1.807) is 6.07 Å². The Labute approximate surface area is 99.5 Å². The lowest BCUT2D eigenvalue weighted by atomic mass is 10.2. The van der Waals surface area contributed by atoms with Crippen LogP contribution in [0.5, 0.6) is 0 Å². The third-order valence-electron chi connectivity index (χ3n) is 2.78. The summed E-state index contributed by atoms with van der Waals surface area (Å²) >= 11 is 0. The monoisotopic (exact) mass is 235 g/mol. The standard InChI is InChI=1S/C12H17N3O2/c13-9-3-4-11-10(7-9)14-12(8-17)15(11)5-1-2-6-16/h3-4,7,16-17H,1-2,5-6,8,13H2. The Bertz CT molecular complexity index is 508. The summed E-state index contributed by atoms with van der Waals surface area (Å²) in [5, 5.41) is 18.1. The number of nitrogens with two attached hydrogens (primary N) is 1. The summed E-state index contributed by atoms with van der Waals surface area (Å²) in [6.07, 6.45) is 1.61. The molecule has 5 heteroatoms. The smallest absolute Gasteiger partial charge is 0.135 e. The SMILES string of the molecule is Nc1ccc2c(c1)nc(CO)n2CCCCO. The van der Waals surface area contributed by atoms with E-state index >= 15 is 0 Å². The van der Waals surface area contributed by atoms with Gasteiger partial charge in [-0.15, -0.1) is 0 Å². The molecule has 0 amide bonds. The Morgan fingerprint density at radius 3 is 2.76 bits per heavy atom. The van der Waals surface area contributed by atoms with Crippen molar-refractivity contribution in [1.82, 2.24) is 9.55 Å². The summed E-state index contributed by atoms with van der Waals surface area (Å²) < 4.78 is 1.98. The van der Waals surface area contributed by atoms with Crippen molar-refractivity contribution < 1.29 is 10.2 Å². The van der Waals surface area contributed by atoms with Crippen LogP contribution in [0.3, 0.4) is 0 Å². The highest BCUT2D eigenvalue weighted by Gasteiger charge is 2.09. The van der Waals surface area contributed by atoms with E-state index in [0.717, 1.165) is 30.4 Å². The van der Waals surface area contributed by atoms with Crippen molar-refractivity contribution >= 4 is 16.7 Å². The Morgan fingerprint density at radius 1 is 1.24 bits per heavy atom. The third kappa shape index (κ3) is 2.40. The van der Waals surface area contributed by atoms with Gasteiger partial charge in [-0.25, -0.2) is 4.98 Å². The molecule has 2 rings (SSSR count). The van der Waals surface area contributed by atoms with E-state index in [2.05, 4.69) is 4.98 Å². The van der Waals surface area contributed by atoms with Crippen LogP contribution in [0.2, 0.25) is 0 Å². The molecule has 0 aliphatic carbocycles. The van der Waals surface area contributed by atoms with Gasteiger partial charge in [0.2, 0.25) is 0 Å². The Morgan fingerprint density at radius 2 is 2.06 bits per heavy atom. The van der Waals surface area contributed by atoms with E-state index < -0.39 is 0 Å². The Kier molecular flexibility index (Phi) is 3.61. The van der Waals surface area contributed by atoms with Crippen molar-refractivity contribution in [3.8, 4) is 0 Å². The number of aryl methyl sites for hydroxylation is 1. The van der Waals surface area contributed by atoms with E-state index in [1.165, 1.54) is 0 Å². The molecule has 4 N–H and O–H groups in total. The maximum atomic E-state index is 9.28. The van der Waals surface area contributed by atoms with Crippen molar-refractivity contribution in [3.63, 3.8) is 0 Å². The lowest BCUT2D eigenvalue weighted by Crippen LogP contribution is -2.04. The van der Waals surface area contributed by atoms with Crippen LogP contribution in [0.25, 0.3) is 11.0 Å². The van der Waals surface area contributed by atoms with Gasteiger partial charge in [0, 0.05) is 18.8 Å². The van der Waals surface area contributed by atoms with Gasteiger partial charge in [-0.2, -0.15) is 0 Å². The number of nitrogen functional groups attached to an aromatic ring is 1. The zero-order valence-electron chi connectivity index (χ0n) is 9.63. The van der Waals surface area contributed by atoms with E-state index in [4.69, 9.17) is 10.8 Å². The third-order valence-corrected chi connectivity index (χ3v) is 2.78. The molecule has 17 heavy (non-hydrogen) atoms. The molecule has 0 aliphatic heterocycles. The molecule has 0 fully saturated rings. The molecule has 5 nitrogen and oxygen atoms in total. The number of aromatic nitrogens is 2. The average molecular weight is 235 g/mol. The fourth-order valence-electron chi connectivity index (χ4n) is 1.95. The molecule has 0 saturated heterocycles. The number of fused-ring (bicyclic) bond motifs is 1. The second-order valence-corrected chi connectivity index (χ2v) is 4.02. The molecular formula is C12H17N3O2. The van der Waals surface area contributed by atoms with Gasteiger partial charge in [0.25, 0.3) is 0 Å². The molecule has 0 bridgehead atoms. The van der Waals surface area contributed by atoms with Crippen LogP contribution in [0.1, 0.15) is 18.7 Å². The van der Waals surface area contributed by atoms with E-state index in [9.17, 15) is 5.11 Å². The number of unbranched alkanes of at least 4 members (excludes halogenated alkanes) is 1. The van der Waals surface area contributed by atoms with E-state index in [-0.39, 0.29) is 13.2 Å². The van der Waals surface area contributed by atoms with Crippen molar-refractivity contribution in [1.29, 1.82) is 0 Å². The van der Waals surface area contributed by atoms with Gasteiger partial charge in [-0.1, -0.05) is 0 Å². The van der Waals surface area contributed by atoms with E-state index in [1.807, 2.05) is 16.7 Å². The van der Waals surface area contributed by atoms with Crippen LogP contribution in [0.4, 0.5) is 5.69 Å². The summed E-state index contributed by atoms with van der Waals surface area (Å²) in [4.78, 5) is 4.34. The van der Waals surface area contributed by atoms with Crippen LogP contribution < -0.4 is 5.73 Å². The highest BCUT2D eigenvalue weighted by Crippen LogP contribution is 2.19. The molecular weight excluding hydrogens is 218 g/mol. The summed E-state index contributed by atoms with van der Waals surface area (Å²) in [5.41, 5.74) is 8.15. The number of nitrogens with zero attached hydrogens (tertiary/aromatic N) is 2. The second-order valence-electron chi connectivity index (χ2n) is 4.02. The number of aliphatic hydroxyl groups excluding tert-OH is 2. The minimum absolute atomic E-state index is 0.0896. The number of anilines is 1. The van der Waals surface area contributed by atoms with Gasteiger partial charge < -0.3 is 20.5 Å². The molecule has 1 aromatic carbocycles. The number of imidazole rings is 1. The summed E-state index contributed by atoms with van der Waals surface area (Å²) in [5.74, 6) is 0.642. The normalized spacial score (nSPS) is 11.2. The first-order chi connectivity index (χ1) is 8.26. The first kappa shape index (κ1) is 11.9. The Hall–Kier alpha value is -1.59. The fourth-order valence-corrected chi connectivity index (χ4v) is 1.95. The summed E-state index contributed by atoms with van der Waals surface area (Å²) in [6, 6.07) is 5.54. The molecule has 0 radical (unpaired) electrons. The van der Waals surface area contributed by atoms with Gasteiger partial charge in [0.15, 0.2) is 0 Å². The lowest BCUT2D eigenvalue weighted by Gasteiger charge is -2.06. The van der Waals surface area contributed by atoms with Gasteiger partial charge in [0.1, 0.15) is 12.4 Å². The Balaban J connectivity index is 2.36. The van der Waals surface area contributed by atoms with Crippen LogP contribution in [0.15, 0.2) is 18.2 Å². The summed E-state index contributed by atoms with van der Waals surface area (Å²) in [6.45, 7) is 0.846. The van der Waals surface area contributed by atoms with Crippen LogP contribution in [-0.4, -0.2) is 26.4 Å². The molecule has 0 atom stereocenters. The quantitative estimate of drug-likeness (QED) is 0.530. The topological polar surface area (TPSA) is 84.3 Å². The fraction of sp³-hybridized carbons (Fsp3) is 0.417. The molecule has 0 unspecified atom stereocenters. The minimum atomic E-state index is -0.0896. The van der Waals surface area contributed by atoms with Gasteiger partial charge in [0.05, 0.1) is 11.0 Å². The first-order valence-electron chi connectivity index (χ1n) is 5.72. The summed E-state index contributed by atoms with van der Waals surface area (Å²) in [7, 11) is 0. The molecule has 1 heterocycles. The predicted molar refractivity (Wildman–Crippen MR) is 66.4 cm³/mol. The lowest BCUT2D eigenvalue weighted by molar-refractivity contribution is 0.261. The average Bonchev–Trinajstić information content (AvgIpc) is 2.67. The molecule has 0 saturated carbocycles. The van der Waals surface area contributed by atoms with Gasteiger partial charge in [-0.05, 0) is 31.0 Å². The maximum absolute atomic E-state index is 9.28. The first-order valence-corrected chi connectivity index (χ1v) is 5.72. The molecule has 0 spiro atoms. The highest BCUT2D eigenvalue weighted by atomic mass is 16.3. The van der Waals surface area contributed by atoms with Crippen LogP contribution >= 0.6 is 0 Å². The zero-order chi connectivity index (χ0) is 12.3. The second kappa shape index (κ2) is 5.16. The highest BCUT2D eigenvalue weighted by molar-refractivity contribution is 5.79. The van der Waals surface area contributed by atoms with Gasteiger partial charge in [-0.3, -0.25) is 0 Å². The maximum Gasteiger partial charge on any atom is 0.135 e. The number of hydrogen-bond acceptors (Lipinski definition) is 4. The predicted octanol–water partition coefficient (Wildman–Crippen LogP) is 0.883. The number of hydrogen-bond donors (Lipinski definition) is 3. The molecule has 1 aromatic heterocycles. The van der Waals surface area contributed by atoms with Gasteiger partial charge >= 0.3 is 0 Å². The largest absolute Gasteiger partial charge is 0.399 e. The number of rotatable bonds is 5.